The van der Waals surface area contributed by atoms with Crippen molar-refractivity contribution < 1.29 is 17.9 Å². The van der Waals surface area contributed by atoms with Gasteiger partial charge >= 0.3 is 6.36 Å². The lowest BCUT2D eigenvalue weighted by atomic mass is 9.77. The van der Waals surface area contributed by atoms with Gasteiger partial charge in [0.2, 0.25) is 0 Å². The lowest BCUT2D eigenvalue weighted by Crippen LogP contribution is -2.66. The molecule has 1 saturated carbocycles. The van der Waals surface area contributed by atoms with Gasteiger partial charge < -0.3 is 5.32 Å². The van der Waals surface area contributed by atoms with Crippen LogP contribution >= 0.6 is 0 Å². The fourth-order valence-corrected chi connectivity index (χ4v) is 3.68. The Bertz CT molecular complexity index is 327. The molecular weight excluding hydrogens is 281 g/mol. The molecule has 0 radical (unpaired) electrons. The van der Waals surface area contributed by atoms with E-state index in [0.717, 1.165) is 25.9 Å². The van der Waals surface area contributed by atoms with Gasteiger partial charge in [0.15, 0.2) is 0 Å². The first kappa shape index (κ1) is 17.0. The van der Waals surface area contributed by atoms with Gasteiger partial charge in [0.1, 0.15) is 0 Å². The van der Waals surface area contributed by atoms with Crippen molar-refractivity contribution in [2.45, 2.75) is 63.9 Å². The predicted molar refractivity (Wildman–Crippen MR) is 76.0 cm³/mol. The standard InChI is InChI=1S/C15H27F3N2O/c1-12(2)13-10-20(8-9-21-15(16,17)18)14(11-19-13)6-4-3-5-7-14/h12-13,19H,3-11H2,1-2H3. The number of nitrogens with zero attached hydrogens (tertiary/aromatic N) is 1. The summed E-state index contributed by atoms with van der Waals surface area (Å²) in [5.41, 5.74) is 0.0403. The van der Waals surface area contributed by atoms with Crippen LogP contribution in [-0.4, -0.2) is 49.1 Å². The number of piperazine rings is 1. The fraction of sp³-hybridized carbons (Fsp3) is 1.00. The van der Waals surface area contributed by atoms with Crippen molar-refractivity contribution in [2.24, 2.45) is 5.92 Å². The van der Waals surface area contributed by atoms with E-state index in [1.165, 1.54) is 19.3 Å². The Morgan fingerprint density at radius 1 is 1.24 bits per heavy atom. The third kappa shape index (κ3) is 4.57. The van der Waals surface area contributed by atoms with E-state index >= 15 is 0 Å². The van der Waals surface area contributed by atoms with E-state index in [4.69, 9.17) is 0 Å². The first-order valence-corrected chi connectivity index (χ1v) is 8.01. The van der Waals surface area contributed by atoms with Crippen LogP contribution in [0.1, 0.15) is 46.0 Å². The summed E-state index contributed by atoms with van der Waals surface area (Å²) in [6.07, 6.45) is 1.22. The van der Waals surface area contributed by atoms with Crippen LogP contribution < -0.4 is 5.32 Å². The van der Waals surface area contributed by atoms with Crippen molar-refractivity contribution in [3.05, 3.63) is 0 Å². The number of alkyl halides is 3. The first-order valence-electron chi connectivity index (χ1n) is 8.01. The van der Waals surface area contributed by atoms with Crippen molar-refractivity contribution in [1.29, 1.82) is 0 Å². The highest BCUT2D eigenvalue weighted by Gasteiger charge is 2.42. The van der Waals surface area contributed by atoms with E-state index in [2.05, 4.69) is 28.8 Å². The van der Waals surface area contributed by atoms with E-state index in [1.807, 2.05) is 0 Å². The lowest BCUT2D eigenvalue weighted by Gasteiger charge is -2.53. The zero-order chi connectivity index (χ0) is 15.5. The molecule has 1 spiro atoms. The molecule has 0 aromatic carbocycles. The Balaban J connectivity index is 1.98. The molecule has 1 N–H and O–H groups in total. The molecular formula is C15H27F3N2O. The summed E-state index contributed by atoms with van der Waals surface area (Å²) in [5, 5.41) is 3.61. The minimum absolute atomic E-state index is 0.0403. The fourth-order valence-electron chi connectivity index (χ4n) is 3.68. The molecule has 0 aromatic heterocycles. The van der Waals surface area contributed by atoms with Crippen molar-refractivity contribution in [3.63, 3.8) is 0 Å². The van der Waals surface area contributed by atoms with Gasteiger partial charge in [-0.2, -0.15) is 0 Å². The van der Waals surface area contributed by atoms with Crippen molar-refractivity contribution >= 4 is 0 Å². The highest BCUT2D eigenvalue weighted by atomic mass is 19.4. The molecule has 1 atom stereocenters. The number of rotatable bonds is 4. The number of ether oxygens (including phenoxy) is 1. The quantitative estimate of drug-likeness (QED) is 0.863. The summed E-state index contributed by atoms with van der Waals surface area (Å²) in [7, 11) is 0. The number of hydrogen-bond acceptors (Lipinski definition) is 3. The number of halogens is 3. The molecule has 1 aliphatic carbocycles. The van der Waals surface area contributed by atoms with Crippen LogP contribution in [0.2, 0.25) is 0 Å². The largest absolute Gasteiger partial charge is 0.522 e. The Kier molecular flexibility index (Phi) is 5.54. The van der Waals surface area contributed by atoms with Crippen molar-refractivity contribution in [2.75, 3.05) is 26.2 Å². The molecule has 0 bridgehead atoms. The summed E-state index contributed by atoms with van der Waals surface area (Å²) in [6, 6.07) is 0.350. The van der Waals surface area contributed by atoms with Crippen LogP contribution in [0.5, 0.6) is 0 Å². The molecule has 6 heteroatoms. The van der Waals surface area contributed by atoms with Crippen molar-refractivity contribution in [1.82, 2.24) is 10.2 Å². The van der Waals surface area contributed by atoms with E-state index in [-0.39, 0.29) is 12.1 Å². The van der Waals surface area contributed by atoms with Gasteiger partial charge in [-0.15, -0.1) is 13.2 Å². The average Bonchev–Trinajstić information content (AvgIpc) is 2.40. The second-order valence-corrected chi connectivity index (χ2v) is 6.76. The number of nitrogens with one attached hydrogen (secondary N) is 1. The highest BCUT2D eigenvalue weighted by molar-refractivity contribution is 5.01. The Labute approximate surface area is 125 Å². The van der Waals surface area contributed by atoms with Gasteiger partial charge in [0.05, 0.1) is 6.61 Å². The molecule has 0 amide bonds. The summed E-state index contributed by atoms with van der Waals surface area (Å²) in [6.45, 7) is 6.11. The average molecular weight is 308 g/mol. The summed E-state index contributed by atoms with van der Waals surface area (Å²) >= 11 is 0. The second-order valence-electron chi connectivity index (χ2n) is 6.76. The van der Waals surface area contributed by atoms with Crippen LogP contribution in [0.15, 0.2) is 0 Å². The maximum absolute atomic E-state index is 12.2. The number of hydrogen-bond donors (Lipinski definition) is 1. The van der Waals surface area contributed by atoms with E-state index in [0.29, 0.717) is 18.5 Å². The van der Waals surface area contributed by atoms with E-state index in [9.17, 15) is 13.2 Å². The molecule has 1 unspecified atom stereocenters. The van der Waals surface area contributed by atoms with Crippen LogP contribution in [0.25, 0.3) is 0 Å². The van der Waals surface area contributed by atoms with Gasteiger partial charge in [-0.3, -0.25) is 9.64 Å². The topological polar surface area (TPSA) is 24.5 Å². The van der Waals surface area contributed by atoms with Gasteiger partial charge in [0.25, 0.3) is 0 Å². The summed E-state index contributed by atoms with van der Waals surface area (Å²) in [4.78, 5) is 2.26. The molecule has 2 fully saturated rings. The minimum Gasteiger partial charge on any atom is -0.311 e. The van der Waals surface area contributed by atoms with E-state index in [1.54, 1.807) is 0 Å². The van der Waals surface area contributed by atoms with Crippen LogP contribution in [0.3, 0.4) is 0 Å². The van der Waals surface area contributed by atoms with Crippen LogP contribution in [-0.2, 0) is 4.74 Å². The first-order chi connectivity index (χ1) is 9.82. The summed E-state index contributed by atoms with van der Waals surface area (Å²) < 4.78 is 40.6. The lowest BCUT2D eigenvalue weighted by molar-refractivity contribution is -0.325. The third-order valence-electron chi connectivity index (χ3n) is 5.00. The van der Waals surface area contributed by atoms with Gasteiger partial charge in [-0.05, 0) is 18.8 Å². The summed E-state index contributed by atoms with van der Waals surface area (Å²) in [5.74, 6) is 0.483. The van der Waals surface area contributed by atoms with Crippen molar-refractivity contribution in [3.8, 4) is 0 Å². The molecule has 1 saturated heterocycles. The maximum Gasteiger partial charge on any atom is 0.522 e. The normalized spacial score (nSPS) is 27.4. The van der Waals surface area contributed by atoms with E-state index < -0.39 is 6.36 Å². The molecule has 0 aromatic rings. The maximum atomic E-state index is 12.2. The monoisotopic (exact) mass is 308 g/mol. The minimum atomic E-state index is -4.52. The predicted octanol–water partition coefficient (Wildman–Crippen LogP) is 3.16. The zero-order valence-electron chi connectivity index (χ0n) is 13.0. The van der Waals surface area contributed by atoms with Crippen LogP contribution in [0.4, 0.5) is 13.2 Å². The second kappa shape index (κ2) is 6.84. The molecule has 2 rings (SSSR count). The molecule has 2 aliphatic rings. The molecule has 3 nitrogen and oxygen atoms in total. The Morgan fingerprint density at radius 2 is 1.90 bits per heavy atom. The highest BCUT2D eigenvalue weighted by Crippen LogP contribution is 2.36. The third-order valence-corrected chi connectivity index (χ3v) is 5.00. The van der Waals surface area contributed by atoms with Crippen LogP contribution in [0, 0.1) is 5.92 Å². The van der Waals surface area contributed by atoms with Gasteiger partial charge in [-0.1, -0.05) is 33.1 Å². The Morgan fingerprint density at radius 3 is 2.48 bits per heavy atom. The molecule has 1 heterocycles. The molecule has 124 valence electrons. The Hall–Kier alpha value is -0.330. The molecule has 1 aliphatic heterocycles. The smallest absolute Gasteiger partial charge is 0.311 e. The molecule has 21 heavy (non-hydrogen) atoms. The van der Waals surface area contributed by atoms with Gasteiger partial charge in [0, 0.05) is 31.2 Å². The van der Waals surface area contributed by atoms with Gasteiger partial charge in [-0.25, -0.2) is 0 Å². The zero-order valence-corrected chi connectivity index (χ0v) is 13.0. The SMILES string of the molecule is CC(C)C1CN(CCOC(F)(F)F)C2(CCCCC2)CN1.